The van der Waals surface area contributed by atoms with E-state index in [-0.39, 0.29) is 23.4 Å². The van der Waals surface area contributed by atoms with Gasteiger partial charge in [0.2, 0.25) is 5.15 Å². The van der Waals surface area contributed by atoms with Crippen LogP contribution in [0.2, 0.25) is 5.15 Å². The van der Waals surface area contributed by atoms with Gasteiger partial charge >= 0.3 is 5.69 Å². The molecule has 1 atom stereocenters. The molecule has 0 radical (unpaired) electrons. The van der Waals surface area contributed by atoms with Gasteiger partial charge in [0.1, 0.15) is 5.56 Å². The lowest BCUT2D eigenvalue weighted by molar-refractivity contribution is -0.385. The van der Waals surface area contributed by atoms with Crippen molar-refractivity contribution in [3.63, 3.8) is 0 Å². The van der Waals surface area contributed by atoms with Gasteiger partial charge < -0.3 is 10.0 Å². The highest BCUT2D eigenvalue weighted by molar-refractivity contribution is 6.32. The monoisotopic (exact) mass is 299 g/mol. The van der Waals surface area contributed by atoms with Crippen LogP contribution in [0.1, 0.15) is 29.6 Å². The van der Waals surface area contributed by atoms with E-state index in [0.29, 0.717) is 13.0 Å². The third-order valence-corrected chi connectivity index (χ3v) is 3.67. The van der Waals surface area contributed by atoms with E-state index in [1.54, 1.807) is 0 Å². The molecule has 0 aliphatic carbocycles. The summed E-state index contributed by atoms with van der Waals surface area (Å²) in [6.45, 7) is 0.319. The topological polar surface area (TPSA) is 96.6 Å². The van der Waals surface area contributed by atoms with Crippen molar-refractivity contribution < 1.29 is 14.8 Å². The van der Waals surface area contributed by atoms with E-state index in [9.17, 15) is 20.0 Å². The highest BCUT2D eigenvalue weighted by Gasteiger charge is 2.32. The first-order valence-corrected chi connectivity index (χ1v) is 6.64. The zero-order valence-electron chi connectivity index (χ0n) is 10.7. The summed E-state index contributed by atoms with van der Waals surface area (Å²) in [6, 6.07) is 0.984. The molecule has 1 aromatic heterocycles. The standard InChI is InChI=1S/C12H14ClN3O4/c13-11-10(16(19)20)9(4-5-14-11)12(18)15-6-2-1-3-8(15)7-17/h4-5,8,17H,1-3,6-7H2. The van der Waals surface area contributed by atoms with Crippen LogP contribution in [-0.2, 0) is 0 Å². The van der Waals surface area contributed by atoms with Gasteiger partial charge in [-0.1, -0.05) is 11.6 Å². The molecule has 0 aromatic carbocycles. The number of carbonyl (C=O) groups is 1. The van der Waals surface area contributed by atoms with Gasteiger partial charge in [0.15, 0.2) is 0 Å². The molecule has 2 rings (SSSR count). The summed E-state index contributed by atoms with van der Waals surface area (Å²) in [7, 11) is 0. The molecule has 1 aliphatic rings. The summed E-state index contributed by atoms with van der Waals surface area (Å²) in [5.74, 6) is -0.486. The maximum absolute atomic E-state index is 12.5. The number of piperidine rings is 1. The molecule has 108 valence electrons. The minimum absolute atomic E-state index is 0.0876. The first-order valence-electron chi connectivity index (χ1n) is 6.27. The third kappa shape index (κ3) is 2.73. The number of hydrogen-bond donors (Lipinski definition) is 1. The molecular formula is C12H14ClN3O4. The maximum Gasteiger partial charge on any atom is 0.319 e. The molecule has 0 spiro atoms. The Labute approximate surface area is 120 Å². The van der Waals surface area contributed by atoms with E-state index >= 15 is 0 Å². The molecular weight excluding hydrogens is 286 g/mol. The van der Waals surface area contributed by atoms with Crippen LogP contribution in [0.15, 0.2) is 12.3 Å². The predicted molar refractivity (Wildman–Crippen MR) is 71.7 cm³/mol. The van der Waals surface area contributed by atoms with Gasteiger partial charge in [0.25, 0.3) is 5.91 Å². The van der Waals surface area contributed by atoms with Crippen molar-refractivity contribution in [2.45, 2.75) is 25.3 Å². The molecule has 2 heterocycles. The fraction of sp³-hybridized carbons (Fsp3) is 0.500. The van der Waals surface area contributed by atoms with E-state index in [1.807, 2.05) is 0 Å². The van der Waals surface area contributed by atoms with Crippen molar-refractivity contribution in [1.82, 2.24) is 9.88 Å². The number of aliphatic hydroxyl groups is 1. The van der Waals surface area contributed by atoms with Gasteiger partial charge in [0, 0.05) is 12.7 Å². The zero-order chi connectivity index (χ0) is 14.7. The van der Waals surface area contributed by atoms with Crippen molar-refractivity contribution in [3.05, 3.63) is 33.1 Å². The number of nitro groups is 1. The van der Waals surface area contributed by atoms with Crippen molar-refractivity contribution in [1.29, 1.82) is 0 Å². The van der Waals surface area contributed by atoms with Gasteiger partial charge in [-0.25, -0.2) is 4.98 Å². The first kappa shape index (κ1) is 14.7. The van der Waals surface area contributed by atoms with Crippen molar-refractivity contribution >= 4 is 23.2 Å². The average molecular weight is 300 g/mol. The molecule has 1 fully saturated rings. The second kappa shape index (κ2) is 6.15. The second-order valence-electron chi connectivity index (χ2n) is 4.59. The number of carbonyl (C=O) groups excluding carboxylic acids is 1. The Balaban J connectivity index is 2.38. The number of halogens is 1. The number of amides is 1. The number of pyridine rings is 1. The molecule has 1 aliphatic heterocycles. The van der Waals surface area contributed by atoms with Crippen LogP contribution in [-0.4, -0.2) is 45.0 Å². The lowest BCUT2D eigenvalue weighted by Gasteiger charge is -2.34. The molecule has 20 heavy (non-hydrogen) atoms. The smallest absolute Gasteiger partial charge is 0.319 e. The Morgan fingerprint density at radius 1 is 1.60 bits per heavy atom. The van der Waals surface area contributed by atoms with Gasteiger partial charge in [-0.05, 0) is 25.3 Å². The number of likely N-dealkylation sites (tertiary alicyclic amines) is 1. The van der Waals surface area contributed by atoms with Gasteiger partial charge in [0.05, 0.1) is 17.6 Å². The molecule has 1 amide bonds. The number of hydrogen-bond acceptors (Lipinski definition) is 5. The highest BCUT2D eigenvalue weighted by Crippen LogP contribution is 2.29. The summed E-state index contributed by atoms with van der Waals surface area (Å²) in [6.07, 6.45) is 3.69. The van der Waals surface area contributed by atoms with Crippen molar-refractivity contribution in [3.8, 4) is 0 Å². The van der Waals surface area contributed by atoms with Crippen LogP contribution in [0, 0.1) is 10.1 Å². The van der Waals surface area contributed by atoms with E-state index in [4.69, 9.17) is 11.6 Å². The number of nitrogens with zero attached hydrogens (tertiary/aromatic N) is 3. The number of rotatable bonds is 3. The predicted octanol–water partition coefficient (Wildman–Crippen LogP) is 1.63. The Kier molecular flexibility index (Phi) is 4.51. The van der Waals surface area contributed by atoms with Crippen LogP contribution in [0.4, 0.5) is 5.69 Å². The van der Waals surface area contributed by atoms with Crippen LogP contribution >= 0.6 is 11.6 Å². The Hall–Kier alpha value is -1.73. The normalized spacial score (nSPS) is 18.9. The lowest BCUT2D eigenvalue weighted by atomic mass is 10.0. The van der Waals surface area contributed by atoms with Gasteiger partial charge in [-0.2, -0.15) is 0 Å². The number of aliphatic hydroxyl groups excluding tert-OH is 1. The molecule has 0 bridgehead atoms. The Bertz CT molecular complexity index is 537. The molecule has 1 N–H and O–H groups in total. The van der Waals surface area contributed by atoms with E-state index in [2.05, 4.69) is 4.98 Å². The van der Waals surface area contributed by atoms with E-state index in [0.717, 1.165) is 12.8 Å². The second-order valence-corrected chi connectivity index (χ2v) is 4.94. The quantitative estimate of drug-likeness (QED) is 0.520. The SMILES string of the molecule is O=C(c1ccnc(Cl)c1[N+](=O)[O-])N1CCCCC1CO. The van der Waals surface area contributed by atoms with Crippen LogP contribution in [0.5, 0.6) is 0 Å². The Morgan fingerprint density at radius 3 is 3.00 bits per heavy atom. The molecule has 8 heteroatoms. The highest BCUT2D eigenvalue weighted by atomic mass is 35.5. The summed E-state index contributed by atoms with van der Waals surface area (Å²) < 4.78 is 0. The van der Waals surface area contributed by atoms with Gasteiger partial charge in [-0.15, -0.1) is 0 Å². The van der Waals surface area contributed by atoms with E-state index in [1.165, 1.54) is 17.2 Å². The average Bonchev–Trinajstić information content (AvgIpc) is 2.45. The molecule has 7 nitrogen and oxygen atoms in total. The molecule has 1 saturated heterocycles. The van der Waals surface area contributed by atoms with Gasteiger partial charge in [-0.3, -0.25) is 14.9 Å². The molecule has 0 saturated carbocycles. The largest absolute Gasteiger partial charge is 0.394 e. The minimum Gasteiger partial charge on any atom is -0.394 e. The molecule has 1 unspecified atom stereocenters. The summed E-state index contributed by atoms with van der Waals surface area (Å²) >= 11 is 5.70. The van der Waals surface area contributed by atoms with Crippen LogP contribution in [0.25, 0.3) is 0 Å². The molecule has 1 aromatic rings. The first-order chi connectivity index (χ1) is 9.56. The summed E-state index contributed by atoms with van der Waals surface area (Å²) in [4.78, 5) is 27.9. The fourth-order valence-corrected chi connectivity index (χ4v) is 2.61. The van der Waals surface area contributed by atoms with Crippen LogP contribution < -0.4 is 0 Å². The van der Waals surface area contributed by atoms with Crippen molar-refractivity contribution in [2.24, 2.45) is 0 Å². The third-order valence-electron chi connectivity index (χ3n) is 3.39. The summed E-state index contributed by atoms with van der Waals surface area (Å²) in [5.41, 5.74) is -0.572. The number of aromatic nitrogens is 1. The fourth-order valence-electron chi connectivity index (χ4n) is 2.39. The Morgan fingerprint density at radius 2 is 2.35 bits per heavy atom. The minimum atomic E-state index is -0.708. The maximum atomic E-state index is 12.5. The summed E-state index contributed by atoms with van der Waals surface area (Å²) in [5, 5.41) is 20.1. The van der Waals surface area contributed by atoms with Crippen LogP contribution in [0.3, 0.4) is 0 Å². The lowest BCUT2D eigenvalue weighted by Crippen LogP contribution is -2.45. The zero-order valence-corrected chi connectivity index (χ0v) is 11.4. The van der Waals surface area contributed by atoms with E-state index < -0.39 is 16.5 Å². The van der Waals surface area contributed by atoms with Crippen molar-refractivity contribution in [2.75, 3.05) is 13.2 Å².